The summed E-state index contributed by atoms with van der Waals surface area (Å²) in [6.07, 6.45) is 5.94. The average Bonchev–Trinajstić information content (AvgIpc) is 2.31. The van der Waals surface area contributed by atoms with Gasteiger partial charge >= 0.3 is 12.0 Å². The molecule has 2 saturated carbocycles. The fourth-order valence-electron chi connectivity index (χ4n) is 3.47. The Hall–Kier alpha value is -1.26. The Kier molecular flexibility index (Phi) is 4.55. The van der Waals surface area contributed by atoms with Gasteiger partial charge < -0.3 is 15.7 Å². The van der Waals surface area contributed by atoms with E-state index in [9.17, 15) is 9.59 Å². The molecule has 3 N–H and O–H groups in total. The van der Waals surface area contributed by atoms with Crippen LogP contribution in [0.3, 0.4) is 0 Å². The second-order valence-corrected chi connectivity index (χ2v) is 6.68. The predicted molar refractivity (Wildman–Crippen MR) is 76.5 cm³/mol. The van der Waals surface area contributed by atoms with Crippen LogP contribution in [0.25, 0.3) is 0 Å². The Morgan fingerprint density at radius 1 is 1.20 bits per heavy atom. The van der Waals surface area contributed by atoms with Gasteiger partial charge in [0.1, 0.15) is 0 Å². The first-order chi connectivity index (χ1) is 9.42. The zero-order valence-electron chi connectivity index (χ0n) is 12.4. The molecule has 114 valence electrons. The zero-order chi connectivity index (χ0) is 14.8. The second kappa shape index (κ2) is 6.02. The van der Waals surface area contributed by atoms with Crippen molar-refractivity contribution in [2.24, 2.45) is 11.8 Å². The molecule has 2 aliphatic carbocycles. The van der Waals surface area contributed by atoms with Crippen molar-refractivity contribution < 1.29 is 14.7 Å². The second-order valence-electron chi connectivity index (χ2n) is 6.68. The topological polar surface area (TPSA) is 78.4 Å². The number of aliphatic carboxylic acids is 1. The summed E-state index contributed by atoms with van der Waals surface area (Å²) in [5, 5.41) is 14.9. The summed E-state index contributed by atoms with van der Waals surface area (Å²) >= 11 is 0. The molecule has 2 aliphatic rings. The van der Waals surface area contributed by atoms with Crippen LogP contribution in [0, 0.1) is 11.8 Å². The van der Waals surface area contributed by atoms with E-state index >= 15 is 0 Å². The van der Waals surface area contributed by atoms with Crippen LogP contribution in [0.5, 0.6) is 0 Å². The van der Waals surface area contributed by atoms with Crippen molar-refractivity contribution in [2.45, 2.75) is 70.4 Å². The lowest BCUT2D eigenvalue weighted by atomic mass is 9.74. The van der Waals surface area contributed by atoms with E-state index in [0.29, 0.717) is 11.8 Å². The highest BCUT2D eigenvalue weighted by atomic mass is 16.4. The molecule has 0 aliphatic heterocycles. The number of rotatable bonds is 4. The minimum Gasteiger partial charge on any atom is -0.481 e. The quantitative estimate of drug-likeness (QED) is 0.741. The van der Waals surface area contributed by atoms with Crippen LogP contribution in [-0.4, -0.2) is 28.7 Å². The summed E-state index contributed by atoms with van der Waals surface area (Å²) in [5.74, 6) is 0.265. The fraction of sp³-hybridized carbons (Fsp3) is 0.867. The maximum Gasteiger partial charge on any atom is 0.315 e. The standard InChI is InChI=1S/C15H26N2O3/c1-10-5-3-6-12(11(10)2)16-14(20)17-15(7-4-8-15)9-13(18)19/h10-12H,3-9H2,1-2H3,(H,18,19)(H2,16,17,20). The van der Waals surface area contributed by atoms with Gasteiger partial charge in [-0.25, -0.2) is 4.79 Å². The van der Waals surface area contributed by atoms with E-state index in [0.717, 1.165) is 32.1 Å². The lowest BCUT2D eigenvalue weighted by molar-refractivity contribution is -0.139. The molecule has 0 spiro atoms. The summed E-state index contributed by atoms with van der Waals surface area (Å²) in [4.78, 5) is 23.0. The van der Waals surface area contributed by atoms with Crippen molar-refractivity contribution in [3.63, 3.8) is 0 Å². The third-order valence-corrected chi connectivity index (χ3v) is 5.20. The third kappa shape index (κ3) is 3.44. The molecular weight excluding hydrogens is 256 g/mol. The van der Waals surface area contributed by atoms with Crippen molar-refractivity contribution in [3.05, 3.63) is 0 Å². The summed E-state index contributed by atoms with van der Waals surface area (Å²) in [7, 11) is 0. The molecule has 0 aromatic heterocycles. The van der Waals surface area contributed by atoms with Crippen molar-refractivity contribution in [1.82, 2.24) is 10.6 Å². The first-order valence-electron chi connectivity index (χ1n) is 7.72. The maximum atomic E-state index is 12.1. The van der Waals surface area contributed by atoms with Gasteiger partial charge in [0.15, 0.2) is 0 Å². The number of carboxylic acid groups (broad SMARTS) is 1. The average molecular weight is 282 g/mol. The molecule has 0 aromatic rings. The number of urea groups is 1. The molecule has 0 radical (unpaired) electrons. The molecule has 0 aromatic carbocycles. The molecule has 2 fully saturated rings. The van der Waals surface area contributed by atoms with Crippen LogP contribution in [0.15, 0.2) is 0 Å². The number of amides is 2. The van der Waals surface area contributed by atoms with Gasteiger partial charge in [-0.1, -0.05) is 26.7 Å². The van der Waals surface area contributed by atoms with Gasteiger partial charge in [-0.3, -0.25) is 4.79 Å². The van der Waals surface area contributed by atoms with Gasteiger partial charge in [0.25, 0.3) is 0 Å². The molecule has 3 atom stereocenters. The van der Waals surface area contributed by atoms with Crippen LogP contribution in [0.4, 0.5) is 4.79 Å². The van der Waals surface area contributed by atoms with Crippen molar-refractivity contribution >= 4 is 12.0 Å². The number of carbonyl (C=O) groups is 2. The van der Waals surface area contributed by atoms with Gasteiger partial charge in [0, 0.05) is 6.04 Å². The van der Waals surface area contributed by atoms with Crippen molar-refractivity contribution in [2.75, 3.05) is 0 Å². The summed E-state index contributed by atoms with van der Waals surface area (Å²) in [6, 6.07) is 0.0117. The van der Waals surface area contributed by atoms with Gasteiger partial charge in [0.2, 0.25) is 0 Å². The molecule has 0 bridgehead atoms. The number of carboxylic acids is 1. The van der Waals surface area contributed by atoms with Gasteiger partial charge in [-0.2, -0.15) is 0 Å². The summed E-state index contributed by atoms with van der Waals surface area (Å²) in [6.45, 7) is 4.42. The first kappa shape index (κ1) is 15.1. The highest BCUT2D eigenvalue weighted by molar-refractivity contribution is 5.77. The van der Waals surface area contributed by atoms with Gasteiger partial charge in [-0.15, -0.1) is 0 Å². The molecular formula is C15H26N2O3. The van der Waals surface area contributed by atoms with Crippen molar-refractivity contribution in [1.29, 1.82) is 0 Å². The highest BCUT2D eigenvalue weighted by Gasteiger charge is 2.41. The molecule has 5 nitrogen and oxygen atoms in total. The zero-order valence-corrected chi connectivity index (χ0v) is 12.4. The van der Waals surface area contributed by atoms with E-state index in [-0.39, 0.29) is 18.5 Å². The van der Waals surface area contributed by atoms with E-state index in [4.69, 9.17) is 5.11 Å². The van der Waals surface area contributed by atoms with Crippen LogP contribution in [-0.2, 0) is 4.79 Å². The molecule has 0 saturated heterocycles. The largest absolute Gasteiger partial charge is 0.481 e. The number of nitrogens with one attached hydrogen (secondary N) is 2. The molecule has 2 rings (SSSR count). The Balaban J connectivity index is 1.87. The predicted octanol–water partition coefficient (Wildman–Crippen LogP) is 2.51. The van der Waals surface area contributed by atoms with Gasteiger partial charge in [0.05, 0.1) is 12.0 Å². The summed E-state index contributed by atoms with van der Waals surface area (Å²) in [5.41, 5.74) is -0.514. The number of hydrogen-bond donors (Lipinski definition) is 3. The van der Waals surface area contributed by atoms with E-state index in [1.54, 1.807) is 0 Å². The Morgan fingerprint density at radius 2 is 1.90 bits per heavy atom. The Bertz CT molecular complexity index is 379. The SMILES string of the molecule is CC1CCCC(NC(=O)NC2(CC(=O)O)CCC2)C1C. The Labute approximate surface area is 120 Å². The smallest absolute Gasteiger partial charge is 0.315 e. The molecule has 5 heteroatoms. The molecule has 20 heavy (non-hydrogen) atoms. The molecule has 0 heterocycles. The highest BCUT2D eigenvalue weighted by Crippen LogP contribution is 2.35. The van der Waals surface area contributed by atoms with Crippen LogP contribution in [0.2, 0.25) is 0 Å². The first-order valence-corrected chi connectivity index (χ1v) is 7.72. The fourth-order valence-corrected chi connectivity index (χ4v) is 3.47. The molecule has 2 amide bonds. The summed E-state index contributed by atoms with van der Waals surface area (Å²) < 4.78 is 0. The number of hydrogen-bond acceptors (Lipinski definition) is 2. The maximum absolute atomic E-state index is 12.1. The lowest BCUT2D eigenvalue weighted by Gasteiger charge is -2.42. The number of carbonyl (C=O) groups excluding carboxylic acids is 1. The molecule has 3 unspecified atom stereocenters. The van der Waals surface area contributed by atoms with Crippen LogP contribution >= 0.6 is 0 Å². The monoisotopic (exact) mass is 282 g/mol. The minimum absolute atomic E-state index is 0.0248. The third-order valence-electron chi connectivity index (χ3n) is 5.20. The van der Waals surface area contributed by atoms with Gasteiger partial charge in [-0.05, 0) is 37.5 Å². The minimum atomic E-state index is -0.843. The Morgan fingerprint density at radius 3 is 2.45 bits per heavy atom. The van der Waals surface area contributed by atoms with Crippen LogP contribution < -0.4 is 10.6 Å². The van der Waals surface area contributed by atoms with E-state index < -0.39 is 11.5 Å². The normalized spacial score (nSPS) is 32.0. The lowest BCUT2D eigenvalue weighted by Crippen LogP contribution is -2.59. The van der Waals surface area contributed by atoms with Crippen molar-refractivity contribution in [3.8, 4) is 0 Å². The van der Waals surface area contributed by atoms with Crippen LogP contribution in [0.1, 0.15) is 58.8 Å². The van der Waals surface area contributed by atoms with E-state index in [1.807, 2.05) is 0 Å². The van der Waals surface area contributed by atoms with E-state index in [1.165, 1.54) is 6.42 Å². The van der Waals surface area contributed by atoms with E-state index in [2.05, 4.69) is 24.5 Å².